The maximum absolute atomic E-state index is 12.0. The van der Waals surface area contributed by atoms with Crippen molar-refractivity contribution in [1.29, 1.82) is 0 Å². The average molecular weight is 455 g/mol. The van der Waals surface area contributed by atoms with Gasteiger partial charge in [-0.25, -0.2) is 0 Å². The lowest BCUT2D eigenvalue weighted by atomic mass is 10.1. The van der Waals surface area contributed by atoms with Crippen LogP contribution in [0.4, 0.5) is 0 Å². The van der Waals surface area contributed by atoms with E-state index >= 15 is 0 Å². The summed E-state index contributed by atoms with van der Waals surface area (Å²) in [6.07, 6.45) is 23.1. The summed E-state index contributed by atoms with van der Waals surface area (Å²) in [5.41, 5.74) is 0. The van der Waals surface area contributed by atoms with Crippen LogP contribution in [0.1, 0.15) is 116 Å². The fourth-order valence-corrected chi connectivity index (χ4v) is 3.89. The molecule has 0 aliphatic heterocycles. The van der Waals surface area contributed by atoms with Gasteiger partial charge < -0.3 is 14.3 Å². The summed E-state index contributed by atoms with van der Waals surface area (Å²) in [7, 11) is 5.90. The predicted octanol–water partition coefficient (Wildman–Crippen LogP) is 6.90. The minimum atomic E-state index is -0.928. The lowest BCUT2D eigenvalue weighted by Crippen LogP contribution is -2.43. The van der Waals surface area contributed by atoms with Crippen LogP contribution in [0.3, 0.4) is 0 Å². The van der Waals surface area contributed by atoms with Gasteiger partial charge in [-0.05, 0) is 32.1 Å². The van der Waals surface area contributed by atoms with E-state index in [4.69, 9.17) is 9.84 Å². The molecule has 0 aliphatic carbocycles. The topological polar surface area (TPSA) is 63.6 Å². The second kappa shape index (κ2) is 20.3. The minimum absolute atomic E-state index is 0.131. The van der Waals surface area contributed by atoms with E-state index in [-0.39, 0.29) is 12.4 Å². The van der Waals surface area contributed by atoms with Gasteiger partial charge >= 0.3 is 11.9 Å². The number of quaternary nitrogens is 1. The first-order valence-electron chi connectivity index (χ1n) is 13.1. The quantitative estimate of drug-likeness (QED) is 0.0836. The number of likely N-dealkylation sites (N-methyl/N-ethyl adjacent to an activating group) is 1. The van der Waals surface area contributed by atoms with Gasteiger partial charge in [0.1, 0.15) is 6.54 Å². The first-order valence-corrected chi connectivity index (χ1v) is 13.1. The number of carboxylic acid groups (broad SMARTS) is 1. The third-order valence-corrected chi connectivity index (χ3v) is 5.59. The number of carbonyl (C=O) groups excluding carboxylic acids is 1. The molecule has 0 aliphatic rings. The first-order chi connectivity index (χ1) is 15.2. The lowest BCUT2D eigenvalue weighted by molar-refractivity contribution is -0.873. The molecule has 0 aromatic heterocycles. The fraction of sp³-hybridized carbons (Fsp3) is 0.852. The van der Waals surface area contributed by atoms with Crippen molar-refractivity contribution in [1.82, 2.24) is 0 Å². The van der Waals surface area contributed by atoms with Crippen LogP contribution in [0.25, 0.3) is 0 Å². The van der Waals surface area contributed by atoms with Crippen molar-refractivity contribution in [3.05, 3.63) is 12.2 Å². The van der Waals surface area contributed by atoms with Gasteiger partial charge in [0.15, 0.2) is 6.10 Å². The Bertz CT molecular complexity index is 496. The molecule has 0 heterocycles. The van der Waals surface area contributed by atoms with Crippen LogP contribution in [0.15, 0.2) is 12.2 Å². The highest BCUT2D eigenvalue weighted by molar-refractivity contribution is 5.71. The third kappa shape index (κ3) is 23.3. The summed E-state index contributed by atoms with van der Waals surface area (Å²) in [6, 6.07) is 0. The average Bonchev–Trinajstić information content (AvgIpc) is 2.68. The normalized spacial score (nSPS) is 12.9. The number of nitrogens with zero attached hydrogens (tertiary/aromatic N) is 1. The largest absolute Gasteiger partial charge is 0.481 e. The minimum Gasteiger partial charge on any atom is -0.481 e. The molecule has 0 radical (unpaired) electrons. The summed E-state index contributed by atoms with van der Waals surface area (Å²) in [5, 5.41) is 9.02. The van der Waals surface area contributed by atoms with E-state index in [1.54, 1.807) is 0 Å². The SMILES string of the molecule is CCCCCCCCCC/C=C\CCCCCCCC(=O)O[C@H](CC(=O)O)C[N+](C)(C)C. The van der Waals surface area contributed by atoms with Crippen molar-refractivity contribution >= 4 is 11.9 Å². The van der Waals surface area contributed by atoms with Crippen molar-refractivity contribution in [2.75, 3.05) is 27.7 Å². The molecule has 5 nitrogen and oxygen atoms in total. The molecule has 1 atom stereocenters. The molecule has 0 unspecified atom stereocenters. The van der Waals surface area contributed by atoms with Crippen LogP contribution in [0.2, 0.25) is 0 Å². The smallest absolute Gasteiger partial charge is 0.307 e. The number of carboxylic acids is 1. The van der Waals surface area contributed by atoms with Gasteiger partial charge in [0, 0.05) is 6.42 Å². The molecular weight excluding hydrogens is 402 g/mol. The molecule has 0 aromatic carbocycles. The van der Waals surface area contributed by atoms with E-state index in [0.29, 0.717) is 17.4 Å². The summed E-state index contributed by atoms with van der Waals surface area (Å²) >= 11 is 0. The molecule has 0 aromatic rings. The molecule has 188 valence electrons. The summed E-state index contributed by atoms with van der Waals surface area (Å²) < 4.78 is 5.99. The Kier molecular flexibility index (Phi) is 19.4. The Morgan fingerprint density at radius 1 is 0.781 bits per heavy atom. The number of hydrogen-bond acceptors (Lipinski definition) is 3. The van der Waals surface area contributed by atoms with Crippen molar-refractivity contribution in [3.63, 3.8) is 0 Å². The van der Waals surface area contributed by atoms with Crippen molar-refractivity contribution in [2.45, 2.75) is 122 Å². The number of aliphatic carboxylic acids is 1. The van der Waals surface area contributed by atoms with Gasteiger partial charge in [-0.1, -0.05) is 83.3 Å². The molecule has 0 saturated carbocycles. The molecule has 32 heavy (non-hydrogen) atoms. The van der Waals surface area contributed by atoms with Crippen LogP contribution in [-0.2, 0) is 14.3 Å². The van der Waals surface area contributed by atoms with Gasteiger partial charge in [-0.2, -0.15) is 0 Å². The lowest BCUT2D eigenvalue weighted by Gasteiger charge is -2.28. The zero-order valence-corrected chi connectivity index (χ0v) is 21.6. The Hall–Kier alpha value is -1.36. The summed E-state index contributed by atoms with van der Waals surface area (Å²) in [6.45, 7) is 2.77. The van der Waals surface area contributed by atoms with Crippen LogP contribution in [0.5, 0.6) is 0 Å². The maximum Gasteiger partial charge on any atom is 0.307 e. The Labute approximate surface area is 198 Å². The molecule has 0 saturated heterocycles. The highest BCUT2D eigenvalue weighted by Gasteiger charge is 2.24. The molecular formula is C27H52NO4+. The van der Waals surface area contributed by atoms with E-state index in [9.17, 15) is 9.59 Å². The van der Waals surface area contributed by atoms with Crippen molar-refractivity contribution < 1.29 is 23.9 Å². The standard InChI is InChI=1S/C27H51NO4/c1-5-6-7-8-9-10-11-12-13-14-15-16-17-18-19-20-21-22-27(31)32-25(23-26(29)30)24-28(2,3)4/h14-15,25H,5-13,16-24H2,1-4H3/p+1/b15-14-/t25-/m1/s1. The number of allylic oxidation sites excluding steroid dienone is 2. The molecule has 0 amide bonds. The molecule has 0 spiro atoms. The van der Waals surface area contributed by atoms with E-state index in [2.05, 4.69) is 19.1 Å². The fourth-order valence-electron chi connectivity index (χ4n) is 3.89. The van der Waals surface area contributed by atoms with E-state index < -0.39 is 12.1 Å². The van der Waals surface area contributed by atoms with Gasteiger partial charge in [0.2, 0.25) is 0 Å². The maximum atomic E-state index is 12.0. The molecule has 0 bridgehead atoms. The van der Waals surface area contributed by atoms with Crippen LogP contribution in [-0.4, -0.2) is 55.3 Å². The zero-order chi connectivity index (χ0) is 24.1. The van der Waals surface area contributed by atoms with E-state index in [0.717, 1.165) is 25.7 Å². The molecule has 0 rings (SSSR count). The Morgan fingerprint density at radius 3 is 1.72 bits per heavy atom. The van der Waals surface area contributed by atoms with Gasteiger partial charge in [0.05, 0.1) is 27.6 Å². The van der Waals surface area contributed by atoms with Crippen LogP contribution >= 0.6 is 0 Å². The second-order valence-corrected chi connectivity index (χ2v) is 10.2. The van der Waals surface area contributed by atoms with E-state index in [1.807, 2.05) is 21.1 Å². The third-order valence-electron chi connectivity index (χ3n) is 5.59. The number of hydrogen-bond donors (Lipinski definition) is 1. The monoisotopic (exact) mass is 454 g/mol. The molecule has 0 fully saturated rings. The summed E-state index contributed by atoms with van der Waals surface area (Å²) in [4.78, 5) is 23.0. The number of rotatable bonds is 22. The highest BCUT2D eigenvalue weighted by Crippen LogP contribution is 2.12. The number of ether oxygens (including phenoxy) is 1. The first kappa shape index (κ1) is 30.6. The second-order valence-electron chi connectivity index (χ2n) is 10.2. The van der Waals surface area contributed by atoms with Gasteiger partial charge in [-0.15, -0.1) is 0 Å². The van der Waals surface area contributed by atoms with Crippen LogP contribution in [0, 0.1) is 0 Å². The molecule has 5 heteroatoms. The van der Waals surface area contributed by atoms with Gasteiger partial charge in [0.25, 0.3) is 0 Å². The van der Waals surface area contributed by atoms with Crippen molar-refractivity contribution in [2.24, 2.45) is 0 Å². The number of carbonyl (C=O) groups is 2. The highest BCUT2D eigenvalue weighted by atomic mass is 16.5. The molecule has 1 N–H and O–H groups in total. The predicted molar refractivity (Wildman–Crippen MR) is 134 cm³/mol. The zero-order valence-electron chi connectivity index (χ0n) is 21.6. The van der Waals surface area contributed by atoms with Crippen molar-refractivity contribution in [3.8, 4) is 0 Å². The number of unbranched alkanes of at least 4 members (excludes halogenated alkanes) is 13. The van der Waals surface area contributed by atoms with Gasteiger partial charge in [-0.3, -0.25) is 9.59 Å². The van der Waals surface area contributed by atoms with Crippen LogP contribution < -0.4 is 0 Å². The Balaban J connectivity index is 3.59. The van der Waals surface area contributed by atoms with E-state index in [1.165, 1.54) is 70.6 Å². The Morgan fingerprint density at radius 2 is 1.25 bits per heavy atom. The summed E-state index contributed by atoms with van der Waals surface area (Å²) in [5.74, 6) is -1.20. The number of esters is 1.